The van der Waals surface area contributed by atoms with Gasteiger partial charge < -0.3 is 10.1 Å². The average molecular weight is 338 g/mol. The van der Waals surface area contributed by atoms with E-state index >= 15 is 0 Å². The number of fused-ring (bicyclic) bond motifs is 1. The number of para-hydroxylation sites is 1. The highest BCUT2D eigenvalue weighted by Crippen LogP contribution is 2.37. The van der Waals surface area contributed by atoms with Crippen LogP contribution >= 0.6 is 0 Å². The molecule has 1 spiro atoms. The summed E-state index contributed by atoms with van der Waals surface area (Å²) in [5, 5.41) is 2.94. The van der Waals surface area contributed by atoms with E-state index in [0.717, 1.165) is 12.8 Å². The Hall–Kier alpha value is -1.60. The number of hydrogen-bond acceptors (Lipinski definition) is 4. The van der Waals surface area contributed by atoms with Gasteiger partial charge >= 0.3 is 0 Å². The largest absolute Gasteiger partial charge is 0.485 e. The SMILES string of the molecule is CN(C1CCC2(CC1)CNC(=O)c1ccccc1O2)S(C)(=O)=O. The van der Waals surface area contributed by atoms with Gasteiger partial charge in [0.15, 0.2) is 0 Å². The van der Waals surface area contributed by atoms with Gasteiger partial charge in [0.2, 0.25) is 10.0 Å². The molecule has 1 N–H and O–H groups in total. The molecule has 2 aliphatic rings. The van der Waals surface area contributed by atoms with E-state index in [-0.39, 0.29) is 11.9 Å². The van der Waals surface area contributed by atoms with E-state index < -0.39 is 15.6 Å². The van der Waals surface area contributed by atoms with E-state index in [1.54, 1.807) is 13.1 Å². The summed E-state index contributed by atoms with van der Waals surface area (Å²) >= 11 is 0. The molecule has 1 amide bonds. The number of rotatable bonds is 2. The van der Waals surface area contributed by atoms with Crippen molar-refractivity contribution in [2.75, 3.05) is 19.8 Å². The maximum Gasteiger partial charge on any atom is 0.255 e. The number of benzene rings is 1. The quantitative estimate of drug-likeness (QED) is 0.884. The van der Waals surface area contributed by atoms with Crippen molar-refractivity contribution in [1.29, 1.82) is 0 Å². The fourth-order valence-electron chi connectivity index (χ4n) is 3.39. The second-order valence-electron chi connectivity index (χ2n) is 6.47. The second kappa shape index (κ2) is 5.79. The maximum absolute atomic E-state index is 12.2. The van der Waals surface area contributed by atoms with Crippen molar-refractivity contribution < 1.29 is 17.9 Å². The van der Waals surface area contributed by atoms with Gasteiger partial charge in [0.25, 0.3) is 5.91 Å². The Bertz CT molecular complexity index is 709. The summed E-state index contributed by atoms with van der Waals surface area (Å²) in [6.45, 7) is 0.454. The topological polar surface area (TPSA) is 75.7 Å². The highest BCUT2D eigenvalue weighted by molar-refractivity contribution is 7.88. The molecule has 0 radical (unpaired) electrons. The molecule has 0 bridgehead atoms. The fourth-order valence-corrected chi connectivity index (χ4v) is 4.14. The van der Waals surface area contributed by atoms with Crippen LogP contribution in [0.15, 0.2) is 24.3 Å². The highest BCUT2D eigenvalue weighted by atomic mass is 32.2. The van der Waals surface area contributed by atoms with Crippen LogP contribution in [0.5, 0.6) is 5.75 Å². The summed E-state index contributed by atoms with van der Waals surface area (Å²) in [5.74, 6) is 0.491. The van der Waals surface area contributed by atoms with Gasteiger partial charge in [-0.05, 0) is 37.8 Å². The van der Waals surface area contributed by atoms with E-state index in [0.29, 0.717) is 30.7 Å². The molecule has 0 aromatic heterocycles. The molecular formula is C16H22N2O4S. The minimum atomic E-state index is -3.19. The van der Waals surface area contributed by atoms with Crippen molar-refractivity contribution in [3.05, 3.63) is 29.8 Å². The van der Waals surface area contributed by atoms with Gasteiger partial charge in [-0.1, -0.05) is 12.1 Å². The van der Waals surface area contributed by atoms with Crippen molar-refractivity contribution >= 4 is 15.9 Å². The van der Waals surface area contributed by atoms with Gasteiger partial charge in [-0.15, -0.1) is 0 Å². The lowest BCUT2D eigenvalue weighted by molar-refractivity contribution is 0.0196. The number of sulfonamides is 1. The van der Waals surface area contributed by atoms with Crippen molar-refractivity contribution in [1.82, 2.24) is 9.62 Å². The van der Waals surface area contributed by atoms with Gasteiger partial charge in [0.05, 0.1) is 18.4 Å². The monoisotopic (exact) mass is 338 g/mol. The first-order chi connectivity index (χ1) is 10.8. The van der Waals surface area contributed by atoms with E-state index in [4.69, 9.17) is 4.74 Å². The molecule has 1 heterocycles. The third-order valence-corrected chi connectivity index (χ3v) is 6.28. The minimum Gasteiger partial charge on any atom is -0.485 e. The van der Waals surface area contributed by atoms with Crippen molar-refractivity contribution in [2.24, 2.45) is 0 Å². The van der Waals surface area contributed by atoms with Crippen molar-refractivity contribution in [2.45, 2.75) is 37.3 Å². The molecule has 23 heavy (non-hydrogen) atoms. The molecule has 1 fully saturated rings. The summed E-state index contributed by atoms with van der Waals surface area (Å²) in [7, 11) is -1.56. The van der Waals surface area contributed by atoms with Crippen LogP contribution in [0.4, 0.5) is 0 Å². The molecular weight excluding hydrogens is 316 g/mol. The Morgan fingerprint density at radius 2 is 1.91 bits per heavy atom. The minimum absolute atomic E-state index is 0.00609. The van der Waals surface area contributed by atoms with E-state index in [2.05, 4.69) is 5.32 Å². The molecule has 0 unspecified atom stereocenters. The number of carbonyl (C=O) groups excluding carboxylic acids is 1. The van der Waals surface area contributed by atoms with Crippen LogP contribution < -0.4 is 10.1 Å². The van der Waals surface area contributed by atoms with E-state index in [1.807, 2.05) is 18.2 Å². The van der Waals surface area contributed by atoms with Gasteiger partial charge in [-0.3, -0.25) is 4.79 Å². The molecule has 3 rings (SSSR count). The predicted molar refractivity (Wildman–Crippen MR) is 87.0 cm³/mol. The van der Waals surface area contributed by atoms with Crippen LogP contribution in [-0.2, 0) is 10.0 Å². The number of amides is 1. The Morgan fingerprint density at radius 1 is 1.26 bits per heavy atom. The third-order valence-electron chi connectivity index (χ3n) is 4.93. The predicted octanol–water partition coefficient (Wildman–Crippen LogP) is 1.38. The molecule has 0 atom stereocenters. The zero-order chi connectivity index (χ0) is 16.7. The lowest BCUT2D eigenvalue weighted by Crippen LogP contribution is -2.51. The maximum atomic E-state index is 12.2. The standard InChI is InChI=1S/C16H22N2O4S/c1-18(23(2,20)21)12-7-9-16(10-8-12)11-17-15(19)13-5-3-4-6-14(13)22-16/h3-6,12H,7-11H2,1-2H3,(H,17,19). The van der Waals surface area contributed by atoms with Crippen LogP contribution in [0.1, 0.15) is 36.0 Å². The summed E-state index contributed by atoms with van der Waals surface area (Å²) in [6, 6.07) is 7.24. The molecule has 1 aromatic rings. The number of hydrogen-bond donors (Lipinski definition) is 1. The summed E-state index contributed by atoms with van der Waals surface area (Å²) < 4.78 is 31.1. The van der Waals surface area contributed by atoms with Crippen LogP contribution in [0, 0.1) is 0 Å². The molecule has 1 aliphatic heterocycles. The molecule has 7 heteroatoms. The number of carbonyl (C=O) groups is 1. The number of nitrogens with zero attached hydrogens (tertiary/aromatic N) is 1. The Balaban J connectivity index is 1.77. The lowest BCUT2D eigenvalue weighted by Gasteiger charge is -2.41. The van der Waals surface area contributed by atoms with Crippen LogP contribution in [0.2, 0.25) is 0 Å². The van der Waals surface area contributed by atoms with E-state index in [9.17, 15) is 13.2 Å². The average Bonchev–Trinajstić information content (AvgIpc) is 2.65. The summed E-state index contributed by atoms with van der Waals surface area (Å²) in [4.78, 5) is 12.2. The van der Waals surface area contributed by atoms with Crippen LogP contribution in [0.25, 0.3) is 0 Å². The fraction of sp³-hybridized carbons (Fsp3) is 0.562. The van der Waals surface area contributed by atoms with Gasteiger partial charge in [0.1, 0.15) is 11.4 Å². The molecule has 1 aromatic carbocycles. The highest BCUT2D eigenvalue weighted by Gasteiger charge is 2.42. The zero-order valence-corrected chi connectivity index (χ0v) is 14.2. The Kier molecular flexibility index (Phi) is 4.10. The first-order valence-corrected chi connectivity index (χ1v) is 9.65. The van der Waals surface area contributed by atoms with Crippen molar-refractivity contribution in [3.63, 3.8) is 0 Å². The second-order valence-corrected chi connectivity index (χ2v) is 8.52. The third kappa shape index (κ3) is 3.21. The molecule has 6 nitrogen and oxygen atoms in total. The first kappa shape index (κ1) is 16.3. The molecule has 0 saturated heterocycles. The molecule has 1 aliphatic carbocycles. The lowest BCUT2D eigenvalue weighted by atomic mass is 9.82. The van der Waals surface area contributed by atoms with Gasteiger partial charge in [-0.25, -0.2) is 12.7 Å². The van der Waals surface area contributed by atoms with Crippen LogP contribution in [0.3, 0.4) is 0 Å². The zero-order valence-electron chi connectivity index (χ0n) is 13.4. The molecule has 126 valence electrons. The Labute approximate surface area is 136 Å². The van der Waals surface area contributed by atoms with Crippen LogP contribution in [-0.4, -0.2) is 50.1 Å². The van der Waals surface area contributed by atoms with E-state index in [1.165, 1.54) is 10.6 Å². The summed E-state index contributed by atoms with van der Waals surface area (Å²) in [5.41, 5.74) is 0.108. The van der Waals surface area contributed by atoms with Gasteiger partial charge in [0, 0.05) is 13.1 Å². The van der Waals surface area contributed by atoms with Crippen molar-refractivity contribution in [3.8, 4) is 5.75 Å². The smallest absolute Gasteiger partial charge is 0.255 e. The normalized spacial score (nSPS) is 28.0. The Morgan fingerprint density at radius 3 is 2.57 bits per heavy atom. The first-order valence-electron chi connectivity index (χ1n) is 7.80. The van der Waals surface area contributed by atoms with Gasteiger partial charge in [-0.2, -0.15) is 0 Å². The number of nitrogens with one attached hydrogen (secondary N) is 1. The summed E-state index contributed by atoms with van der Waals surface area (Å²) in [6.07, 6.45) is 4.11. The molecule has 1 saturated carbocycles. The number of ether oxygens (including phenoxy) is 1.